The van der Waals surface area contributed by atoms with Gasteiger partial charge in [-0.3, -0.25) is 0 Å². The SMILES string of the molecule is CCC(NC(=O)NC(CCCO)c1ccccc1)c1nccs1. The molecular weight excluding hydrogens is 310 g/mol. The molecule has 1 aromatic carbocycles. The molecule has 2 atom stereocenters. The van der Waals surface area contributed by atoms with E-state index in [9.17, 15) is 4.79 Å². The number of amides is 2. The zero-order valence-electron chi connectivity index (χ0n) is 13.2. The van der Waals surface area contributed by atoms with Crippen molar-refractivity contribution in [1.82, 2.24) is 15.6 Å². The van der Waals surface area contributed by atoms with Crippen molar-refractivity contribution < 1.29 is 9.90 Å². The number of benzene rings is 1. The molecule has 0 saturated carbocycles. The van der Waals surface area contributed by atoms with Gasteiger partial charge in [-0.25, -0.2) is 9.78 Å². The van der Waals surface area contributed by atoms with E-state index in [0.29, 0.717) is 12.8 Å². The van der Waals surface area contributed by atoms with E-state index in [1.165, 1.54) is 0 Å². The Balaban J connectivity index is 1.99. The van der Waals surface area contributed by atoms with E-state index >= 15 is 0 Å². The largest absolute Gasteiger partial charge is 0.396 e. The van der Waals surface area contributed by atoms with Crippen LogP contribution in [0.3, 0.4) is 0 Å². The molecule has 124 valence electrons. The number of aliphatic hydroxyl groups excluding tert-OH is 1. The minimum Gasteiger partial charge on any atom is -0.396 e. The first-order chi connectivity index (χ1) is 11.2. The van der Waals surface area contributed by atoms with E-state index in [-0.39, 0.29) is 24.7 Å². The number of carbonyl (C=O) groups is 1. The van der Waals surface area contributed by atoms with E-state index in [1.807, 2.05) is 42.6 Å². The first-order valence-corrected chi connectivity index (χ1v) is 8.74. The van der Waals surface area contributed by atoms with Gasteiger partial charge in [0.1, 0.15) is 5.01 Å². The molecule has 5 nitrogen and oxygen atoms in total. The number of aromatic nitrogens is 1. The zero-order valence-corrected chi connectivity index (χ0v) is 14.1. The monoisotopic (exact) mass is 333 g/mol. The normalized spacial score (nSPS) is 13.3. The summed E-state index contributed by atoms with van der Waals surface area (Å²) in [6.07, 6.45) is 3.87. The number of thiazole rings is 1. The van der Waals surface area contributed by atoms with Crippen LogP contribution in [0.4, 0.5) is 4.79 Å². The van der Waals surface area contributed by atoms with Crippen LogP contribution in [-0.2, 0) is 0 Å². The Hall–Kier alpha value is -1.92. The van der Waals surface area contributed by atoms with Crippen molar-refractivity contribution >= 4 is 17.4 Å². The van der Waals surface area contributed by atoms with Crippen LogP contribution in [-0.4, -0.2) is 22.7 Å². The van der Waals surface area contributed by atoms with E-state index < -0.39 is 0 Å². The maximum absolute atomic E-state index is 12.3. The average Bonchev–Trinajstić information content (AvgIpc) is 3.11. The van der Waals surface area contributed by atoms with Gasteiger partial charge in [-0.2, -0.15) is 0 Å². The molecule has 2 amide bonds. The summed E-state index contributed by atoms with van der Waals surface area (Å²) >= 11 is 1.54. The fraction of sp³-hybridized carbons (Fsp3) is 0.412. The highest BCUT2D eigenvalue weighted by Crippen LogP contribution is 2.20. The second-order valence-electron chi connectivity index (χ2n) is 5.28. The zero-order chi connectivity index (χ0) is 16.5. The molecule has 2 rings (SSSR count). The van der Waals surface area contributed by atoms with E-state index in [1.54, 1.807) is 17.5 Å². The topological polar surface area (TPSA) is 74.2 Å². The van der Waals surface area contributed by atoms with E-state index in [4.69, 9.17) is 5.11 Å². The second-order valence-corrected chi connectivity index (χ2v) is 6.20. The molecule has 3 N–H and O–H groups in total. The van der Waals surface area contributed by atoms with E-state index in [0.717, 1.165) is 17.0 Å². The minimum absolute atomic E-state index is 0.0794. The highest BCUT2D eigenvalue weighted by Gasteiger charge is 2.18. The van der Waals surface area contributed by atoms with Crippen LogP contribution in [0, 0.1) is 0 Å². The first kappa shape index (κ1) is 17.4. The van der Waals surface area contributed by atoms with Gasteiger partial charge in [-0.15, -0.1) is 11.3 Å². The van der Waals surface area contributed by atoms with Crippen LogP contribution < -0.4 is 10.6 Å². The number of rotatable bonds is 8. The number of urea groups is 1. The molecule has 0 bridgehead atoms. The van der Waals surface area contributed by atoms with Crippen LogP contribution in [0.25, 0.3) is 0 Å². The molecule has 0 spiro atoms. The number of carbonyl (C=O) groups excluding carboxylic acids is 1. The summed E-state index contributed by atoms with van der Waals surface area (Å²) in [5, 5.41) is 17.9. The quantitative estimate of drug-likeness (QED) is 0.693. The van der Waals surface area contributed by atoms with Crippen molar-refractivity contribution in [2.45, 2.75) is 38.3 Å². The Morgan fingerprint density at radius 3 is 2.61 bits per heavy atom. The molecule has 1 aromatic heterocycles. The summed E-state index contributed by atoms with van der Waals surface area (Å²) in [6.45, 7) is 2.14. The van der Waals surface area contributed by atoms with Gasteiger partial charge >= 0.3 is 6.03 Å². The Morgan fingerprint density at radius 2 is 2.00 bits per heavy atom. The molecule has 2 unspecified atom stereocenters. The number of hydrogen-bond acceptors (Lipinski definition) is 4. The summed E-state index contributed by atoms with van der Waals surface area (Å²) in [5.41, 5.74) is 1.04. The van der Waals surface area contributed by atoms with Gasteiger partial charge in [0, 0.05) is 18.2 Å². The lowest BCUT2D eigenvalue weighted by Crippen LogP contribution is -2.40. The Bertz CT molecular complexity index is 575. The second kappa shape index (κ2) is 9.27. The Labute approximate surface area is 140 Å². The molecule has 0 saturated heterocycles. The third kappa shape index (κ3) is 5.33. The van der Waals surface area contributed by atoms with Gasteiger partial charge < -0.3 is 15.7 Å². The fourth-order valence-corrected chi connectivity index (χ4v) is 3.18. The van der Waals surface area contributed by atoms with E-state index in [2.05, 4.69) is 15.6 Å². The van der Waals surface area contributed by atoms with Crippen molar-refractivity contribution in [3.05, 3.63) is 52.5 Å². The number of nitrogens with one attached hydrogen (secondary N) is 2. The van der Waals surface area contributed by atoms with Gasteiger partial charge in [0.05, 0.1) is 12.1 Å². The molecule has 0 radical (unpaired) electrons. The Morgan fingerprint density at radius 1 is 1.26 bits per heavy atom. The van der Waals surface area contributed by atoms with Crippen molar-refractivity contribution in [3.8, 4) is 0 Å². The summed E-state index contributed by atoms with van der Waals surface area (Å²) in [6, 6.07) is 9.42. The highest BCUT2D eigenvalue weighted by molar-refractivity contribution is 7.09. The summed E-state index contributed by atoms with van der Waals surface area (Å²) in [7, 11) is 0. The number of nitrogens with zero attached hydrogens (tertiary/aromatic N) is 1. The standard InChI is InChI=1S/C17H23N3O2S/c1-2-14(16-18-10-12-23-16)19-17(22)20-15(9-6-11-21)13-7-4-3-5-8-13/h3-5,7-8,10,12,14-15,21H,2,6,9,11H2,1H3,(H2,19,20,22). The van der Waals surface area contributed by atoms with Gasteiger partial charge in [0.15, 0.2) is 0 Å². The number of aliphatic hydroxyl groups is 1. The van der Waals surface area contributed by atoms with Crippen molar-refractivity contribution in [1.29, 1.82) is 0 Å². The molecular formula is C17H23N3O2S. The maximum atomic E-state index is 12.3. The molecule has 0 fully saturated rings. The van der Waals surface area contributed by atoms with Gasteiger partial charge in [0.2, 0.25) is 0 Å². The maximum Gasteiger partial charge on any atom is 0.315 e. The van der Waals surface area contributed by atoms with Crippen LogP contribution in [0.1, 0.15) is 48.8 Å². The molecule has 2 aromatic rings. The smallest absolute Gasteiger partial charge is 0.315 e. The van der Waals surface area contributed by atoms with Crippen molar-refractivity contribution in [3.63, 3.8) is 0 Å². The average molecular weight is 333 g/mol. The van der Waals surface area contributed by atoms with Gasteiger partial charge in [-0.1, -0.05) is 37.3 Å². The predicted octanol–water partition coefficient (Wildman–Crippen LogP) is 3.41. The van der Waals surface area contributed by atoms with Crippen LogP contribution in [0.5, 0.6) is 0 Å². The van der Waals surface area contributed by atoms with Crippen LogP contribution >= 0.6 is 11.3 Å². The summed E-state index contributed by atoms with van der Waals surface area (Å²) in [4.78, 5) is 16.6. The molecule has 1 heterocycles. The lowest BCUT2D eigenvalue weighted by molar-refractivity contribution is 0.229. The van der Waals surface area contributed by atoms with Gasteiger partial charge in [0.25, 0.3) is 0 Å². The highest BCUT2D eigenvalue weighted by atomic mass is 32.1. The molecule has 0 aliphatic rings. The number of hydrogen-bond donors (Lipinski definition) is 3. The molecule has 0 aliphatic heterocycles. The lowest BCUT2D eigenvalue weighted by atomic mass is 10.0. The van der Waals surface area contributed by atoms with Gasteiger partial charge in [-0.05, 0) is 24.8 Å². The third-order valence-electron chi connectivity index (χ3n) is 3.62. The predicted molar refractivity (Wildman–Crippen MR) is 92.3 cm³/mol. The lowest BCUT2D eigenvalue weighted by Gasteiger charge is -2.21. The van der Waals surface area contributed by atoms with Crippen LogP contribution in [0.2, 0.25) is 0 Å². The Kier molecular flexibility index (Phi) is 7.03. The fourth-order valence-electron chi connectivity index (χ4n) is 2.41. The summed E-state index contributed by atoms with van der Waals surface area (Å²) < 4.78 is 0. The third-order valence-corrected chi connectivity index (χ3v) is 4.51. The summed E-state index contributed by atoms with van der Waals surface area (Å²) in [5.74, 6) is 0. The van der Waals surface area contributed by atoms with Crippen molar-refractivity contribution in [2.75, 3.05) is 6.61 Å². The minimum atomic E-state index is -0.209. The molecule has 6 heteroatoms. The van der Waals surface area contributed by atoms with Crippen LogP contribution in [0.15, 0.2) is 41.9 Å². The first-order valence-electron chi connectivity index (χ1n) is 7.86. The molecule has 0 aliphatic carbocycles. The van der Waals surface area contributed by atoms with Crippen molar-refractivity contribution in [2.24, 2.45) is 0 Å². The molecule has 23 heavy (non-hydrogen) atoms.